The minimum absolute atomic E-state index is 0.581. The van der Waals surface area contributed by atoms with Gasteiger partial charge >= 0.3 is 0 Å². The van der Waals surface area contributed by atoms with E-state index in [0.717, 1.165) is 25.6 Å². The molecule has 0 radical (unpaired) electrons. The summed E-state index contributed by atoms with van der Waals surface area (Å²) in [5.74, 6) is 1.31. The number of nitrogens with two attached hydrogens (primary N) is 1. The highest BCUT2D eigenvalue weighted by atomic mass is 15.3. The SMILES string of the molecule is CC(C)CN=C(N)N1CCC(N(C)C)CC1. The Morgan fingerprint density at radius 1 is 1.38 bits per heavy atom. The highest BCUT2D eigenvalue weighted by Crippen LogP contribution is 2.13. The predicted molar refractivity (Wildman–Crippen MR) is 69.6 cm³/mol. The summed E-state index contributed by atoms with van der Waals surface area (Å²) in [5.41, 5.74) is 5.98. The normalized spacial score (nSPS) is 19.9. The van der Waals surface area contributed by atoms with Crippen LogP contribution in [0.25, 0.3) is 0 Å². The molecule has 1 rings (SSSR count). The molecule has 1 aliphatic rings. The third-order valence-electron chi connectivity index (χ3n) is 3.14. The topological polar surface area (TPSA) is 44.9 Å². The lowest BCUT2D eigenvalue weighted by Gasteiger charge is -2.35. The Morgan fingerprint density at radius 3 is 2.38 bits per heavy atom. The van der Waals surface area contributed by atoms with Gasteiger partial charge in [-0.2, -0.15) is 0 Å². The molecular weight excluding hydrogens is 200 g/mol. The van der Waals surface area contributed by atoms with E-state index in [4.69, 9.17) is 5.73 Å². The average molecular weight is 226 g/mol. The number of likely N-dealkylation sites (tertiary alicyclic amines) is 1. The second kappa shape index (κ2) is 6.09. The van der Waals surface area contributed by atoms with Crippen LogP contribution in [0.1, 0.15) is 26.7 Å². The fourth-order valence-electron chi connectivity index (χ4n) is 1.99. The van der Waals surface area contributed by atoms with Crippen molar-refractivity contribution in [2.75, 3.05) is 33.7 Å². The smallest absolute Gasteiger partial charge is 0.191 e. The minimum Gasteiger partial charge on any atom is -0.370 e. The van der Waals surface area contributed by atoms with Crippen molar-refractivity contribution in [1.29, 1.82) is 0 Å². The zero-order valence-corrected chi connectivity index (χ0v) is 11.1. The lowest BCUT2D eigenvalue weighted by molar-refractivity contribution is 0.190. The molecule has 2 N–H and O–H groups in total. The Balaban J connectivity index is 2.38. The first-order chi connectivity index (χ1) is 7.50. The van der Waals surface area contributed by atoms with Crippen LogP contribution in [0.5, 0.6) is 0 Å². The first kappa shape index (κ1) is 13.3. The van der Waals surface area contributed by atoms with Gasteiger partial charge in [-0.1, -0.05) is 13.8 Å². The fourth-order valence-corrected chi connectivity index (χ4v) is 1.99. The van der Waals surface area contributed by atoms with Gasteiger partial charge < -0.3 is 15.5 Å². The van der Waals surface area contributed by atoms with Gasteiger partial charge in [0.1, 0.15) is 0 Å². The number of hydrogen-bond acceptors (Lipinski definition) is 2. The van der Waals surface area contributed by atoms with Gasteiger partial charge in [0.05, 0.1) is 0 Å². The molecule has 0 aromatic rings. The maximum absolute atomic E-state index is 5.98. The summed E-state index contributed by atoms with van der Waals surface area (Å²) >= 11 is 0. The number of rotatable bonds is 3. The van der Waals surface area contributed by atoms with E-state index in [9.17, 15) is 0 Å². The molecule has 0 spiro atoms. The van der Waals surface area contributed by atoms with Gasteiger partial charge in [0.2, 0.25) is 0 Å². The van der Waals surface area contributed by atoms with E-state index >= 15 is 0 Å². The molecule has 1 fully saturated rings. The zero-order chi connectivity index (χ0) is 12.1. The molecule has 0 aromatic heterocycles. The van der Waals surface area contributed by atoms with Crippen LogP contribution in [0.2, 0.25) is 0 Å². The molecule has 1 saturated heterocycles. The Bertz CT molecular complexity index is 227. The molecule has 0 bridgehead atoms. The van der Waals surface area contributed by atoms with Crippen molar-refractivity contribution in [3.63, 3.8) is 0 Å². The summed E-state index contributed by atoms with van der Waals surface area (Å²) in [6, 6.07) is 0.703. The number of guanidine groups is 1. The predicted octanol–water partition coefficient (Wildman–Crippen LogP) is 0.983. The molecule has 4 nitrogen and oxygen atoms in total. The molecule has 0 amide bonds. The molecule has 1 aliphatic heterocycles. The maximum Gasteiger partial charge on any atom is 0.191 e. The van der Waals surface area contributed by atoms with E-state index in [-0.39, 0.29) is 0 Å². The third-order valence-corrected chi connectivity index (χ3v) is 3.14. The van der Waals surface area contributed by atoms with Gasteiger partial charge in [-0.05, 0) is 32.9 Å². The second-order valence-corrected chi connectivity index (χ2v) is 5.27. The lowest BCUT2D eigenvalue weighted by Crippen LogP contribution is -2.47. The van der Waals surface area contributed by atoms with Gasteiger partial charge in [-0.15, -0.1) is 0 Å². The highest BCUT2D eigenvalue weighted by molar-refractivity contribution is 5.78. The van der Waals surface area contributed by atoms with Crippen LogP contribution in [0.4, 0.5) is 0 Å². The second-order valence-electron chi connectivity index (χ2n) is 5.27. The van der Waals surface area contributed by atoms with E-state index in [1.165, 1.54) is 12.8 Å². The van der Waals surface area contributed by atoms with Crippen molar-refractivity contribution in [2.24, 2.45) is 16.6 Å². The average Bonchev–Trinajstić information content (AvgIpc) is 2.26. The summed E-state index contributed by atoms with van der Waals surface area (Å²) in [6.07, 6.45) is 2.37. The van der Waals surface area contributed by atoms with Gasteiger partial charge in [0.15, 0.2) is 5.96 Å². The van der Waals surface area contributed by atoms with Crippen molar-refractivity contribution in [3.8, 4) is 0 Å². The molecule has 0 aromatic carbocycles. The number of piperidine rings is 1. The van der Waals surface area contributed by atoms with Gasteiger partial charge in [-0.25, -0.2) is 0 Å². The maximum atomic E-state index is 5.98. The lowest BCUT2D eigenvalue weighted by atomic mass is 10.0. The van der Waals surface area contributed by atoms with Crippen LogP contribution in [-0.2, 0) is 0 Å². The van der Waals surface area contributed by atoms with Crippen LogP contribution < -0.4 is 5.73 Å². The van der Waals surface area contributed by atoms with Crippen molar-refractivity contribution in [2.45, 2.75) is 32.7 Å². The zero-order valence-electron chi connectivity index (χ0n) is 11.1. The minimum atomic E-state index is 0.581. The van der Waals surface area contributed by atoms with Gasteiger partial charge in [0.25, 0.3) is 0 Å². The first-order valence-electron chi connectivity index (χ1n) is 6.22. The Morgan fingerprint density at radius 2 is 1.94 bits per heavy atom. The molecule has 0 saturated carbocycles. The van der Waals surface area contributed by atoms with E-state index in [1.54, 1.807) is 0 Å². The Kier molecular flexibility index (Phi) is 5.06. The fraction of sp³-hybridized carbons (Fsp3) is 0.917. The summed E-state index contributed by atoms with van der Waals surface area (Å²) < 4.78 is 0. The number of hydrogen-bond donors (Lipinski definition) is 1. The van der Waals surface area contributed by atoms with Crippen LogP contribution in [0.15, 0.2) is 4.99 Å². The van der Waals surface area contributed by atoms with Crippen molar-refractivity contribution >= 4 is 5.96 Å². The van der Waals surface area contributed by atoms with Crippen molar-refractivity contribution < 1.29 is 0 Å². The monoisotopic (exact) mass is 226 g/mol. The van der Waals surface area contributed by atoms with Gasteiger partial charge in [0, 0.05) is 25.7 Å². The number of nitrogens with zero attached hydrogens (tertiary/aromatic N) is 3. The summed E-state index contributed by atoms with van der Waals surface area (Å²) in [7, 11) is 4.30. The molecule has 1 heterocycles. The van der Waals surface area contributed by atoms with Crippen molar-refractivity contribution in [3.05, 3.63) is 0 Å². The Hall–Kier alpha value is -0.770. The molecule has 0 atom stereocenters. The summed E-state index contributed by atoms with van der Waals surface area (Å²) in [4.78, 5) is 8.94. The van der Waals surface area contributed by atoms with Crippen LogP contribution >= 0.6 is 0 Å². The van der Waals surface area contributed by atoms with Crippen molar-refractivity contribution in [1.82, 2.24) is 9.80 Å². The molecule has 4 heteroatoms. The van der Waals surface area contributed by atoms with Crippen LogP contribution in [0.3, 0.4) is 0 Å². The van der Waals surface area contributed by atoms with Gasteiger partial charge in [-0.3, -0.25) is 4.99 Å². The quantitative estimate of drug-likeness (QED) is 0.576. The molecule has 0 aliphatic carbocycles. The van der Waals surface area contributed by atoms with E-state index in [1.807, 2.05) is 0 Å². The third kappa shape index (κ3) is 4.00. The molecule has 0 unspecified atom stereocenters. The van der Waals surface area contributed by atoms with E-state index in [2.05, 4.69) is 42.7 Å². The molecule has 16 heavy (non-hydrogen) atoms. The molecular formula is C12H26N4. The summed E-state index contributed by atoms with van der Waals surface area (Å²) in [6.45, 7) is 7.23. The molecule has 94 valence electrons. The van der Waals surface area contributed by atoms with E-state index < -0.39 is 0 Å². The highest BCUT2D eigenvalue weighted by Gasteiger charge is 2.21. The summed E-state index contributed by atoms with van der Waals surface area (Å²) in [5, 5.41) is 0. The standard InChI is InChI=1S/C12H26N4/c1-10(2)9-14-12(13)16-7-5-11(6-8-16)15(3)4/h10-11H,5-9H2,1-4H3,(H2,13,14). The number of aliphatic imine (C=N–C) groups is 1. The Labute approximate surface area is 99.5 Å². The van der Waals surface area contributed by atoms with Crippen LogP contribution in [0, 0.1) is 5.92 Å². The largest absolute Gasteiger partial charge is 0.370 e. The van der Waals surface area contributed by atoms with E-state index in [0.29, 0.717) is 12.0 Å². The van der Waals surface area contributed by atoms with Crippen LogP contribution in [-0.4, -0.2) is 55.5 Å². The first-order valence-corrected chi connectivity index (χ1v) is 6.22.